The van der Waals surface area contributed by atoms with Crippen LogP contribution in [0.5, 0.6) is 0 Å². The Bertz CT molecular complexity index is 652. The second kappa shape index (κ2) is 5.10. The average molecular weight is 308 g/mol. The van der Waals surface area contributed by atoms with Crippen molar-refractivity contribution in [1.29, 1.82) is 0 Å². The van der Waals surface area contributed by atoms with Crippen LogP contribution in [-0.2, 0) is 14.6 Å². The maximum atomic E-state index is 12.4. The number of hydrogen-bond acceptors (Lipinski definition) is 4. The van der Waals surface area contributed by atoms with Crippen molar-refractivity contribution in [2.75, 3.05) is 11.6 Å². The molecule has 5 nitrogen and oxygen atoms in total. The number of sulfone groups is 1. The Morgan fingerprint density at radius 2 is 1.81 bits per heavy atom. The first-order valence-electron chi connectivity index (χ1n) is 7.23. The van der Waals surface area contributed by atoms with E-state index < -0.39 is 9.84 Å². The SMILES string of the molecule is CS(=O)(=O)c1ccc(NC(=O)C2C3CCC(C3)C2N)cc1. The molecule has 0 spiro atoms. The Hall–Kier alpha value is -1.40. The molecule has 1 amide bonds. The van der Waals surface area contributed by atoms with Crippen molar-refractivity contribution < 1.29 is 13.2 Å². The lowest BCUT2D eigenvalue weighted by atomic mass is 9.84. The van der Waals surface area contributed by atoms with Gasteiger partial charge in [-0.1, -0.05) is 0 Å². The first-order chi connectivity index (χ1) is 9.86. The van der Waals surface area contributed by atoms with E-state index in [1.165, 1.54) is 12.1 Å². The van der Waals surface area contributed by atoms with E-state index in [0.717, 1.165) is 25.5 Å². The molecule has 4 atom stereocenters. The van der Waals surface area contributed by atoms with Gasteiger partial charge in [0.1, 0.15) is 0 Å². The zero-order chi connectivity index (χ0) is 15.2. The third-order valence-corrected chi connectivity index (χ3v) is 5.96. The number of amides is 1. The first kappa shape index (κ1) is 14.5. The van der Waals surface area contributed by atoms with Crippen molar-refractivity contribution in [3.63, 3.8) is 0 Å². The third kappa shape index (κ3) is 2.70. The predicted molar refractivity (Wildman–Crippen MR) is 80.5 cm³/mol. The van der Waals surface area contributed by atoms with E-state index in [1.807, 2.05) is 0 Å². The normalized spacial score (nSPS) is 31.3. The first-order valence-corrected chi connectivity index (χ1v) is 9.12. The van der Waals surface area contributed by atoms with Crippen LogP contribution in [0.2, 0.25) is 0 Å². The van der Waals surface area contributed by atoms with Crippen LogP contribution in [0.3, 0.4) is 0 Å². The Morgan fingerprint density at radius 1 is 1.19 bits per heavy atom. The van der Waals surface area contributed by atoms with Gasteiger partial charge in [0, 0.05) is 18.0 Å². The fourth-order valence-electron chi connectivity index (χ4n) is 3.74. The van der Waals surface area contributed by atoms with Crippen LogP contribution < -0.4 is 11.1 Å². The third-order valence-electron chi connectivity index (χ3n) is 4.83. The summed E-state index contributed by atoms with van der Waals surface area (Å²) in [4.78, 5) is 12.6. The number of rotatable bonds is 3. The average Bonchev–Trinajstić information content (AvgIpc) is 2.98. The summed E-state index contributed by atoms with van der Waals surface area (Å²) >= 11 is 0. The summed E-state index contributed by atoms with van der Waals surface area (Å²) in [6.07, 6.45) is 4.45. The Labute approximate surface area is 124 Å². The molecular weight excluding hydrogens is 288 g/mol. The summed E-state index contributed by atoms with van der Waals surface area (Å²) in [7, 11) is -3.21. The minimum atomic E-state index is -3.21. The van der Waals surface area contributed by atoms with Crippen molar-refractivity contribution in [3.8, 4) is 0 Å². The van der Waals surface area contributed by atoms with Gasteiger partial charge in [-0.3, -0.25) is 4.79 Å². The summed E-state index contributed by atoms with van der Waals surface area (Å²) in [5.74, 6) is 0.735. The number of nitrogens with one attached hydrogen (secondary N) is 1. The Kier molecular flexibility index (Phi) is 3.53. The molecule has 21 heavy (non-hydrogen) atoms. The van der Waals surface area contributed by atoms with Gasteiger partial charge in [-0.05, 0) is 55.4 Å². The van der Waals surface area contributed by atoms with Crippen LogP contribution in [0.4, 0.5) is 5.69 Å². The molecule has 4 unspecified atom stereocenters. The van der Waals surface area contributed by atoms with E-state index in [9.17, 15) is 13.2 Å². The van der Waals surface area contributed by atoms with Crippen LogP contribution in [0.15, 0.2) is 29.2 Å². The lowest BCUT2D eigenvalue weighted by Crippen LogP contribution is -2.42. The van der Waals surface area contributed by atoms with Gasteiger partial charge in [-0.25, -0.2) is 8.42 Å². The fourth-order valence-corrected chi connectivity index (χ4v) is 4.37. The van der Waals surface area contributed by atoms with Crippen LogP contribution >= 0.6 is 0 Å². The van der Waals surface area contributed by atoms with E-state index in [4.69, 9.17) is 5.73 Å². The number of anilines is 1. The van der Waals surface area contributed by atoms with Gasteiger partial charge >= 0.3 is 0 Å². The van der Waals surface area contributed by atoms with E-state index in [1.54, 1.807) is 12.1 Å². The molecule has 0 aliphatic heterocycles. The van der Waals surface area contributed by atoms with Crippen molar-refractivity contribution in [2.24, 2.45) is 23.5 Å². The molecule has 2 aliphatic carbocycles. The monoisotopic (exact) mass is 308 g/mol. The van der Waals surface area contributed by atoms with Crippen molar-refractivity contribution in [3.05, 3.63) is 24.3 Å². The molecule has 0 aromatic heterocycles. The predicted octanol–water partition coefficient (Wildman–Crippen LogP) is 1.40. The highest BCUT2D eigenvalue weighted by molar-refractivity contribution is 7.90. The molecule has 114 valence electrons. The van der Waals surface area contributed by atoms with Crippen LogP contribution in [0.25, 0.3) is 0 Å². The summed E-state index contributed by atoms with van der Waals surface area (Å²) in [5, 5.41) is 2.86. The quantitative estimate of drug-likeness (QED) is 0.883. The lowest BCUT2D eigenvalue weighted by Gasteiger charge is -2.27. The largest absolute Gasteiger partial charge is 0.327 e. The van der Waals surface area contributed by atoms with Gasteiger partial charge in [0.05, 0.1) is 10.8 Å². The van der Waals surface area contributed by atoms with Gasteiger partial charge in [0.2, 0.25) is 5.91 Å². The van der Waals surface area contributed by atoms with Crippen LogP contribution in [0.1, 0.15) is 19.3 Å². The number of nitrogens with two attached hydrogens (primary N) is 1. The van der Waals surface area contributed by atoms with Crippen LogP contribution in [-0.4, -0.2) is 26.6 Å². The van der Waals surface area contributed by atoms with Gasteiger partial charge in [0.15, 0.2) is 9.84 Å². The zero-order valence-corrected chi connectivity index (χ0v) is 12.8. The second-order valence-corrected chi connectivity index (χ2v) is 8.24. The van der Waals surface area contributed by atoms with Gasteiger partial charge in [-0.2, -0.15) is 0 Å². The molecule has 3 N–H and O–H groups in total. The molecule has 6 heteroatoms. The van der Waals surface area contributed by atoms with E-state index >= 15 is 0 Å². The number of hydrogen-bond donors (Lipinski definition) is 2. The number of fused-ring (bicyclic) bond motifs is 2. The number of carbonyl (C=O) groups excluding carboxylic acids is 1. The van der Waals surface area contributed by atoms with Gasteiger partial charge in [-0.15, -0.1) is 0 Å². The summed E-state index contributed by atoms with van der Waals surface area (Å²) in [6, 6.07) is 6.20. The molecule has 2 fully saturated rings. The minimum absolute atomic E-state index is 0.0400. The van der Waals surface area contributed by atoms with Crippen molar-refractivity contribution >= 4 is 21.4 Å². The number of benzene rings is 1. The minimum Gasteiger partial charge on any atom is -0.327 e. The fraction of sp³-hybridized carbons (Fsp3) is 0.533. The molecule has 2 bridgehead atoms. The van der Waals surface area contributed by atoms with Gasteiger partial charge in [0.25, 0.3) is 0 Å². The maximum Gasteiger partial charge on any atom is 0.229 e. The molecule has 0 heterocycles. The molecule has 1 aromatic rings. The topological polar surface area (TPSA) is 89.3 Å². The van der Waals surface area contributed by atoms with Crippen molar-refractivity contribution in [1.82, 2.24) is 0 Å². The zero-order valence-electron chi connectivity index (χ0n) is 12.0. The smallest absolute Gasteiger partial charge is 0.229 e. The maximum absolute atomic E-state index is 12.4. The molecular formula is C15H20N2O3S. The van der Waals surface area contributed by atoms with Gasteiger partial charge < -0.3 is 11.1 Å². The lowest BCUT2D eigenvalue weighted by molar-refractivity contribution is -0.121. The highest BCUT2D eigenvalue weighted by Gasteiger charge is 2.49. The van der Waals surface area contributed by atoms with E-state index in [0.29, 0.717) is 17.5 Å². The standard InChI is InChI=1S/C15H20N2O3S/c1-21(19,20)12-6-4-11(5-7-12)17-15(18)13-9-2-3-10(8-9)14(13)16/h4-7,9-10,13-14H,2-3,8,16H2,1H3,(H,17,18). The highest BCUT2D eigenvalue weighted by Crippen LogP contribution is 2.47. The molecule has 2 saturated carbocycles. The van der Waals surface area contributed by atoms with Crippen LogP contribution in [0, 0.1) is 17.8 Å². The number of carbonyl (C=O) groups is 1. The summed E-state index contributed by atoms with van der Waals surface area (Å²) < 4.78 is 22.8. The second-order valence-electron chi connectivity index (χ2n) is 6.22. The summed E-state index contributed by atoms with van der Waals surface area (Å²) in [6.45, 7) is 0. The van der Waals surface area contributed by atoms with E-state index in [2.05, 4.69) is 5.32 Å². The Morgan fingerprint density at radius 3 is 2.33 bits per heavy atom. The molecule has 0 saturated heterocycles. The highest BCUT2D eigenvalue weighted by atomic mass is 32.2. The summed E-state index contributed by atoms with van der Waals surface area (Å²) in [5.41, 5.74) is 6.77. The molecule has 0 radical (unpaired) electrons. The molecule has 2 aliphatic rings. The molecule has 3 rings (SSSR count). The van der Waals surface area contributed by atoms with Crippen molar-refractivity contribution in [2.45, 2.75) is 30.2 Å². The molecule has 1 aromatic carbocycles. The Balaban J connectivity index is 1.71. The van der Waals surface area contributed by atoms with E-state index in [-0.39, 0.29) is 22.8 Å².